The van der Waals surface area contributed by atoms with Gasteiger partial charge in [0, 0.05) is 5.70 Å². The molecule has 0 bridgehead atoms. The number of fused-ring (bicyclic) bond motifs is 1. The molecule has 2 aromatic carbocycles. The molecular formula is C16H14N2O3. The lowest BCUT2D eigenvalue weighted by molar-refractivity contribution is -0.133. The molecule has 2 aromatic rings. The predicted octanol–water partition coefficient (Wildman–Crippen LogP) is 2.55. The van der Waals surface area contributed by atoms with E-state index < -0.39 is 18.0 Å². The number of allylic oxidation sites excluding steroid dienone is 1. The zero-order valence-corrected chi connectivity index (χ0v) is 11.4. The van der Waals surface area contributed by atoms with Gasteiger partial charge < -0.3 is 15.7 Å². The highest BCUT2D eigenvalue weighted by molar-refractivity contribution is 5.94. The van der Waals surface area contributed by atoms with Crippen molar-refractivity contribution in [3.8, 4) is 0 Å². The number of amides is 2. The second-order valence-corrected chi connectivity index (χ2v) is 4.98. The maximum atomic E-state index is 11.6. The number of carboxylic acid groups (broad SMARTS) is 1. The highest BCUT2D eigenvalue weighted by Crippen LogP contribution is 2.28. The van der Waals surface area contributed by atoms with E-state index in [1.807, 2.05) is 42.5 Å². The van der Waals surface area contributed by atoms with Gasteiger partial charge in [0.05, 0.1) is 11.6 Å². The fourth-order valence-corrected chi connectivity index (χ4v) is 2.61. The molecule has 21 heavy (non-hydrogen) atoms. The maximum Gasteiger partial charge on any atom is 0.335 e. The number of carbonyl (C=O) groups excluding carboxylic acids is 1. The highest BCUT2D eigenvalue weighted by Gasteiger charge is 2.30. The summed E-state index contributed by atoms with van der Waals surface area (Å²) >= 11 is 0. The van der Waals surface area contributed by atoms with Crippen molar-refractivity contribution >= 4 is 22.8 Å². The quantitative estimate of drug-likeness (QED) is 0.792. The lowest BCUT2D eigenvalue weighted by Gasteiger charge is -2.27. The van der Waals surface area contributed by atoms with Crippen LogP contribution in [0.2, 0.25) is 0 Å². The fourth-order valence-electron chi connectivity index (χ4n) is 2.61. The molecule has 5 nitrogen and oxygen atoms in total. The molecule has 1 aliphatic heterocycles. The van der Waals surface area contributed by atoms with Crippen molar-refractivity contribution < 1.29 is 14.7 Å². The molecule has 3 N–H and O–H groups in total. The van der Waals surface area contributed by atoms with Gasteiger partial charge in [-0.25, -0.2) is 9.59 Å². The molecule has 0 aliphatic carbocycles. The average Bonchev–Trinajstić information content (AvgIpc) is 2.45. The molecule has 1 atom stereocenters. The Balaban J connectivity index is 2.13. The van der Waals surface area contributed by atoms with Crippen molar-refractivity contribution in [3.63, 3.8) is 0 Å². The Kier molecular flexibility index (Phi) is 3.10. The zero-order chi connectivity index (χ0) is 15.0. The van der Waals surface area contributed by atoms with Crippen LogP contribution in [0.15, 0.2) is 53.7 Å². The Labute approximate surface area is 121 Å². The van der Waals surface area contributed by atoms with Crippen molar-refractivity contribution in [1.82, 2.24) is 10.6 Å². The molecule has 1 aliphatic rings. The number of hydrogen-bond acceptors (Lipinski definition) is 2. The Morgan fingerprint density at radius 3 is 2.57 bits per heavy atom. The standard InChI is InChI=1S/C16H14N2O3/c1-9-13(15(19)20)14(18-16(21)17-9)12-7-6-10-4-2-3-5-11(10)8-12/h2-8,14H,1H3,(H,19,20)(H2,17,18,21)/t14-/m1/s1. The van der Waals surface area contributed by atoms with Gasteiger partial charge in [-0.2, -0.15) is 0 Å². The minimum Gasteiger partial charge on any atom is -0.478 e. The van der Waals surface area contributed by atoms with Crippen LogP contribution >= 0.6 is 0 Å². The van der Waals surface area contributed by atoms with Crippen LogP contribution in [0.25, 0.3) is 10.8 Å². The molecule has 5 heteroatoms. The first kappa shape index (κ1) is 13.2. The third-order valence-electron chi connectivity index (χ3n) is 3.61. The Bertz CT molecular complexity index is 780. The third-order valence-corrected chi connectivity index (χ3v) is 3.61. The normalized spacial score (nSPS) is 18.3. The largest absolute Gasteiger partial charge is 0.478 e. The number of rotatable bonds is 2. The van der Waals surface area contributed by atoms with E-state index in [-0.39, 0.29) is 5.57 Å². The minimum atomic E-state index is -1.04. The summed E-state index contributed by atoms with van der Waals surface area (Å²) in [7, 11) is 0. The van der Waals surface area contributed by atoms with E-state index in [2.05, 4.69) is 10.6 Å². The molecule has 1 heterocycles. The van der Waals surface area contributed by atoms with Crippen LogP contribution in [-0.4, -0.2) is 17.1 Å². The van der Waals surface area contributed by atoms with E-state index in [0.29, 0.717) is 5.70 Å². The summed E-state index contributed by atoms with van der Waals surface area (Å²) in [4.78, 5) is 23.1. The van der Waals surface area contributed by atoms with Gasteiger partial charge in [0.2, 0.25) is 0 Å². The van der Waals surface area contributed by atoms with Crippen LogP contribution < -0.4 is 10.6 Å². The first-order valence-electron chi connectivity index (χ1n) is 6.56. The number of benzene rings is 2. The van der Waals surface area contributed by atoms with E-state index in [9.17, 15) is 14.7 Å². The lowest BCUT2D eigenvalue weighted by atomic mass is 9.94. The number of carboxylic acids is 1. The molecule has 0 aromatic heterocycles. The first-order valence-corrected chi connectivity index (χ1v) is 6.56. The number of aliphatic carboxylic acids is 1. The van der Waals surface area contributed by atoms with Gasteiger partial charge in [0.15, 0.2) is 0 Å². The van der Waals surface area contributed by atoms with Gasteiger partial charge in [0.1, 0.15) is 0 Å². The third kappa shape index (κ3) is 2.33. The summed E-state index contributed by atoms with van der Waals surface area (Å²) in [6.07, 6.45) is 0. The van der Waals surface area contributed by atoms with Gasteiger partial charge in [-0.3, -0.25) is 0 Å². The molecule has 0 fully saturated rings. The summed E-state index contributed by atoms with van der Waals surface area (Å²) in [6.45, 7) is 1.59. The van der Waals surface area contributed by atoms with Crippen LogP contribution in [-0.2, 0) is 4.79 Å². The molecule has 0 spiro atoms. The van der Waals surface area contributed by atoms with E-state index >= 15 is 0 Å². The SMILES string of the molecule is CC1=C(C(=O)O)[C@@H](c2ccc3ccccc3c2)NC(=O)N1. The van der Waals surface area contributed by atoms with Crippen molar-refractivity contribution in [2.75, 3.05) is 0 Å². The molecule has 3 rings (SSSR count). The van der Waals surface area contributed by atoms with Gasteiger partial charge >= 0.3 is 12.0 Å². The highest BCUT2D eigenvalue weighted by atomic mass is 16.4. The molecular weight excluding hydrogens is 268 g/mol. The predicted molar refractivity (Wildman–Crippen MR) is 78.7 cm³/mol. The summed E-state index contributed by atoms with van der Waals surface area (Å²) in [5.74, 6) is -1.04. The van der Waals surface area contributed by atoms with Gasteiger partial charge in [0.25, 0.3) is 0 Å². The summed E-state index contributed by atoms with van der Waals surface area (Å²) in [6, 6.07) is 12.4. The molecule has 106 valence electrons. The molecule has 0 radical (unpaired) electrons. The lowest BCUT2D eigenvalue weighted by Crippen LogP contribution is -2.45. The van der Waals surface area contributed by atoms with E-state index in [0.717, 1.165) is 16.3 Å². The number of urea groups is 1. The molecule has 0 unspecified atom stereocenters. The van der Waals surface area contributed by atoms with Crippen molar-refractivity contribution in [3.05, 3.63) is 59.3 Å². The monoisotopic (exact) mass is 282 g/mol. The fraction of sp³-hybridized carbons (Fsp3) is 0.125. The van der Waals surface area contributed by atoms with Crippen LogP contribution in [0.1, 0.15) is 18.5 Å². The molecule has 0 saturated heterocycles. The van der Waals surface area contributed by atoms with Gasteiger partial charge in [-0.1, -0.05) is 36.4 Å². The summed E-state index contributed by atoms with van der Waals surface area (Å²) in [5.41, 5.74) is 1.27. The van der Waals surface area contributed by atoms with Crippen LogP contribution in [0.5, 0.6) is 0 Å². The molecule has 0 saturated carbocycles. The van der Waals surface area contributed by atoms with E-state index in [1.165, 1.54) is 0 Å². The van der Waals surface area contributed by atoms with Crippen LogP contribution in [0, 0.1) is 0 Å². The zero-order valence-electron chi connectivity index (χ0n) is 11.4. The van der Waals surface area contributed by atoms with E-state index in [4.69, 9.17) is 0 Å². The minimum absolute atomic E-state index is 0.157. The number of hydrogen-bond donors (Lipinski definition) is 3. The van der Waals surface area contributed by atoms with Crippen molar-refractivity contribution in [2.24, 2.45) is 0 Å². The molecule has 2 amide bonds. The number of carbonyl (C=O) groups is 2. The first-order chi connectivity index (χ1) is 10.1. The topological polar surface area (TPSA) is 78.4 Å². The Morgan fingerprint density at radius 2 is 1.86 bits per heavy atom. The van der Waals surface area contributed by atoms with Gasteiger partial charge in [-0.15, -0.1) is 0 Å². The van der Waals surface area contributed by atoms with Crippen LogP contribution in [0.3, 0.4) is 0 Å². The second kappa shape index (κ2) is 4.94. The second-order valence-electron chi connectivity index (χ2n) is 4.98. The maximum absolute atomic E-state index is 11.6. The Morgan fingerprint density at radius 1 is 1.14 bits per heavy atom. The average molecular weight is 282 g/mol. The van der Waals surface area contributed by atoms with Gasteiger partial charge in [-0.05, 0) is 29.3 Å². The van der Waals surface area contributed by atoms with E-state index in [1.54, 1.807) is 6.92 Å². The van der Waals surface area contributed by atoms with Crippen molar-refractivity contribution in [2.45, 2.75) is 13.0 Å². The smallest absolute Gasteiger partial charge is 0.335 e. The summed E-state index contributed by atoms with van der Waals surface area (Å²) < 4.78 is 0. The number of nitrogens with one attached hydrogen (secondary N) is 2. The summed E-state index contributed by atoms with van der Waals surface area (Å²) in [5, 5.41) is 16.6. The Hall–Kier alpha value is -2.82. The van der Waals surface area contributed by atoms with Crippen LogP contribution in [0.4, 0.5) is 4.79 Å². The van der Waals surface area contributed by atoms with Crippen molar-refractivity contribution in [1.29, 1.82) is 0 Å².